The van der Waals surface area contributed by atoms with E-state index in [2.05, 4.69) is 20.8 Å². The van der Waals surface area contributed by atoms with Gasteiger partial charge in [-0.25, -0.2) is 4.79 Å². The third-order valence-electron chi connectivity index (χ3n) is 5.61. The van der Waals surface area contributed by atoms with Gasteiger partial charge in [0.05, 0.1) is 0 Å². The Balaban J connectivity index is 2.02. The fourth-order valence-electron chi connectivity index (χ4n) is 4.57. The molecule has 100 valence electrons. The number of carboxylic acids is 1. The van der Waals surface area contributed by atoms with Crippen molar-refractivity contribution in [3.63, 3.8) is 0 Å². The second kappa shape index (κ2) is 3.16. The summed E-state index contributed by atoms with van der Waals surface area (Å²) in [6, 6.07) is 0. The number of fused-ring (bicyclic) bond motifs is 3. The summed E-state index contributed by atoms with van der Waals surface area (Å²) in [6.07, 6.45) is 3.10. The van der Waals surface area contributed by atoms with E-state index in [0.717, 1.165) is 19.3 Å². The minimum atomic E-state index is -1.50. The maximum atomic E-state index is 12.2. The summed E-state index contributed by atoms with van der Waals surface area (Å²) in [4.78, 5) is 23.5. The van der Waals surface area contributed by atoms with Crippen molar-refractivity contribution in [2.24, 2.45) is 16.7 Å². The second-order valence-corrected chi connectivity index (χ2v) is 7.07. The number of epoxide rings is 1. The van der Waals surface area contributed by atoms with E-state index < -0.39 is 17.7 Å². The molecule has 0 bridgehead atoms. The molecule has 0 aromatic carbocycles. The monoisotopic (exact) mass is 252 g/mol. The lowest BCUT2D eigenvalue weighted by Crippen LogP contribution is -2.55. The minimum absolute atomic E-state index is 0.0965. The molecule has 0 amide bonds. The molecule has 3 aliphatic rings. The van der Waals surface area contributed by atoms with Crippen molar-refractivity contribution in [3.05, 3.63) is 0 Å². The lowest BCUT2D eigenvalue weighted by atomic mass is 9.50. The fourth-order valence-corrected chi connectivity index (χ4v) is 4.57. The third kappa shape index (κ3) is 1.20. The molecule has 0 spiro atoms. The van der Waals surface area contributed by atoms with Crippen LogP contribution < -0.4 is 0 Å². The van der Waals surface area contributed by atoms with Crippen LogP contribution in [0.3, 0.4) is 0 Å². The summed E-state index contributed by atoms with van der Waals surface area (Å²) in [5.74, 6) is -1.08. The Morgan fingerprint density at radius 3 is 2.61 bits per heavy atom. The molecule has 4 nitrogen and oxygen atoms in total. The number of carbonyl (C=O) groups is 2. The molecule has 1 N–H and O–H groups in total. The molecule has 18 heavy (non-hydrogen) atoms. The van der Waals surface area contributed by atoms with Gasteiger partial charge in [-0.15, -0.1) is 0 Å². The average molecular weight is 252 g/mol. The Hall–Kier alpha value is -0.900. The summed E-state index contributed by atoms with van der Waals surface area (Å²) in [6.45, 7) is 6.50. The Morgan fingerprint density at radius 1 is 1.33 bits per heavy atom. The number of ketones is 1. The van der Waals surface area contributed by atoms with Crippen molar-refractivity contribution in [1.82, 2.24) is 0 Å². The van der Waals surface area contributed by atoms with E-state index in [9.17, 15) is 14.7 Å². The van der Waals surface area contributed by atoms with E-state index in [1.165, 1.54) is 0 Å². The topological polar surface area (TPSA) is 66.9 Å². The van der Waals surface area contributed by atoms with Crippen LogP contribution in [0, 0.1) is 16.7 Å². The van der Waals surface area contributed by atoms with Gasteiger partial charge < -0.3 is 9.84 Å². The number of carbonyl (C=O) groups excluding carboxylic acids is 1. The first-order valence-electron chi connectivity index (χ1n) is 6.70. The molecule has 4 atom stereocenters. The Morgan fingerprint density at radius 2 is 2.00 bits per heavy atom. The van der Waals surface area contributed by atoms with Crippen molar-refractivity contribution in [1.29, 1.82) is 0 Å². The van der Waals surface area contributed by atoms with Gasteiger partial charge >= 0.3 is 5.97 Å². The number of ether oxygens (including phenoxy) is 1. The zero-order valence-corrected chi connectivity index (χ0v) is 11.2. The highest BCUT2D eigenvalue weighted by atomic mass is 16.6. The van der Waals surface area contributed by atoms with Crippen LogP contribution >= 0.6 is 0 Å². The summed E-state index contributed by atoms with van der Waals surface area (Å²) in [7, 11) is 0. The van der Waals surface area contributed by atoms with Crippen LogP contribution in [0.15, 0.2) is 0 Å². The highest BCUT2D eigenvalue weighted by Crippen LogP contribution is 2.65. The standard InChI is InChI=1S/C14H20O4/c1-12(2)5-4-6-13(3)8(12)7-9(15)14(11(16)17)10(13)18-14/h8,10H,4-7H2,1-3H3,(H,16,17). The van der Waals surface area contributed by atoms with Crippen LogP contribution in [0.25, 0.3) is 0 Å². The van der Waals surface area contributed by atoms with Gasteiger partial charge in [-0.2, -0.15) is 0 Å². The van der Waals surface area contributed by atoms with Crippen LogP contribution in [-0.4, -0.2) is 28.6 Å². The number of hydrogen-bond acceptors (Lipinski definition) is 3. The van der Waals surface area contributed by atoms with Crippen LogP contribution in [0.2, 0.25) is 0 Å². The number of rotatable bonds is 1. The Labute approximate surface area is 107 Å². The first kappa shape index (κ1) is 12.2. The van der Waals surface area contributed by atoms with Gasteiger partial charge in [-0.3, -0.25) is 4.79 Å². The van der Waals surface area contributed by atoms with Crippen molar-refractivity contribution in [2.75, 3.05) is 0 Å². The summed E-state index contributed by atoms with van der Waals surface area (Å²) >= 11 is 0. The molecule has 0 aromatic heterocycles. The number of Topliss-reactive ketones (excluding diaryl/α,β-unsaturated/α-hetero) is 1. The molecule has 0 aromatic rings. The zero-order chi connectivity index (χ0) is 13.3. The first-order chi connectivity index (χ1) is 8.25. The maximum Gasteiger partial charge on any atom is 0.346 e. The van der Waals surface area contributed by atoms with Crippen LogP contribution in [0.5, 0.6) is 0 Å². The molecular formula is C14H20O4. The average Bonchev–Trinajstić information content (AvgIpc) is 2.99. The fraction of sp³-hybridized carbons (Fsp3) is 0.857. The van der Waals surface area contributed by atoms with Crippen molar-refractivity contribution >= 4 is 11.8 Å². The largest absolute Gasteiger partial charge is 0.479 e. The molecule has 1 saturated heterocycles. The van der Waals surface area contributed by atoms with E-state index in [1.807, 2.05) is 0 Å². The normalized spacial score (nSPS) is 49.2. The highest BCUT2D eigenvalue weighted by Gasteiger charge is 2.79. The summed E-state index contributed by atoms with van der Waals surface area (Å²) in [5.41, 5.74) is -1.56. The van der Waals surface area contributed by atoms with Gasteiger partial charge in [0.25, 0.3) is 5.60 Å². The minimum Gasteiger partial charge on any atom is -0.479 e. The smallest absolute Gasteiger partial charge is 0.346 e. The van der Waals surface area contributed by atoms with Crippen LogP contribution in [0.1, 0.15) is 46.5 Å². The predicted molar refractivity (Wildman–Crippen MR) is 64.1 cm³/mol. The third-order valence-corrected chi connectivity index (χ3v) is 5.61. The maximum absolute atomic E-state index is 12.2. The van der Waals surface area contributed by atoms with Crippen molar-refractivity contribution < 1.29 is 19.4 Å². The van der Waals surface area contributed by atoms with E-state index in [4.69, 9.17) is 4.74 Å². The molecule has 0 radical (unpaired) electrons. The van der Waals surface area contributed by atoms with Crippen LogP contribution in [-0.2, 0) is 14.3 Å². The highest BCUT2D eigenvalue weighted by molar-refractivity contribution is 6.11. The lowest BCUT2D eigenvalue weighted by Gasteiger charge is -2.52. The van der Waals surface area contributed by atoms with Gasteiger partial charge in [-0.1, -0.05) is 27.2 Å². The van der Waals surface area contributed by atoms with E-state index in [-0.39, 0.29) is 22.5 Å². The molecule has 3 rings (SSSR count). The van der Waals surface area contributed by atoms with Gasteiger partial charge in [0, 0.05) is 11.8 Å². The molecule has 1 aliphatic heterocycles. The molecule has 4 heteroatoms. The molecule has 2 aliphatic carbocycles. The molecule has 1 heterocycles. The van der Waals surface area contributed by atoms with Gasteiger partial charge in [0.15, 0.2) is 5.78 Å². The zero-order valence-electron chi connectivity index (χ0n) is 11.2. The summed E-state index contributed by atoms with van der Waals surface area (Å²) < 4.78 is 5.46. The van der Waals surface area contributed by atoms with Gasteiger partial charge in [0.2, 0.25) is 0 Å². The quantitative estimate of drug-likeness (QED) is 0.572. The van der Waals surface area contributed by atoms with Gasteiger partial charge in [0.1, 0.15) is 6.10 Å². The van der Waals surface area contributed by atoms with E-state index >= 15 is 0 Å². The SMILES string of the molecule is CC1(C)CCCC2(C)C1CC(=O)C1(C(=O)O)OC12. The Bertz CT molecular complexity index is 441. The first-order valence-corrected chi connectivity index (χ1v) is 6.70. The van der Waals surface area contributed by atoms with E-state index in [0.29, 0.717) is 6.42 Å². The number of aliphatic carboxylic acids is 1. The Kier molecular flexibility index (Phi) is 2.13. The second-order valence-electron chi connectivity index (χ2n) is 7.07. The van der Waals surface area contributed by atoms with E-state index in [1.54, 1.807) is 0 Å². The molecule has 3 fully saturated rings. The lowest BCUT2D eigenvalue weighted by molar-refractivity contribution is -0.151. The van der Waals surface area contributed by atoms with Crippen LogP contribution in [0.4, 0.5) is 0 Å². The van der Waals surface area contributed by atoms with Crippen molar-refractivity contribution in [3.8, 4) is 0 Å². The molecule has 4 unspecified atom stereocenters. The van der Waals surface area contributed by atoms with Crippen molar-refractivity contribution in [2.45, 2.75) is 58.2 Å². The summed E-state index contributed by atoms with van der Waals surface area (Å²) in [5, 5.41) is 9.30. The number of hydrogen-bond donors (Lipinski definition) is 1. The predicted octanol–water partition coefficient (Wildman–Crippen LogP) is 2.01. The van der Waals surface area contributed by atoms with Gasteiger partial charge in [-0.05, 0) is 24.2 Å². The molecular weight excluding hydrogens is 232 g/mol. The number of carboxylic acid groups (broad SMARTS) is 1. The molecule has 2 saturated carbocycles.